The van der Waals surface area contributed by atoms with Crippen LogP contribution in [0, 0.1) is 27.7 Å². The van der Waals surface area contributed by atoms with Crippen molar-refractivity contribution >= 4 is 11.6 Å². The standard InChI is InChI=1S/C11H10F2N2O3/c1-5-2-9(5)14-11(16)6-3-7(12)8(13)4-10(6)15(17)18/h3-5,9H,2H2,1H3,(H,14,16). The Bertz CT molecular complexity index is 533. The minimum Gasteiger partial charge on any atom is -0.349 e. The molecule has 1 N–H and O–H groups in total. The van der Waals surface area contributed by atoms with Crippen molar-refractivity contribution in [3.05, 3.63) is 39.4 Å². The highest BCUT2D eigenvalue weighted by Gasteiger charge is 2.35. The molecule has 1 aliphatic carbocycles. The Morgan fingerprint density at radius 1 is 1.44 bits per heavy atom. The first-order chi connectivity index (χ1) is 8.40. The molecular weight excluding hydrogens is 246 g/mol. The van der Waals surface area contributed by atoms with Crippen LogP contribution in [0.3, 0.4) is 0 Å². The van der Waals surface area contributed by atoms with Crippen molar-refractivity contribution in [2.24, 2.45) is 5.92 Å². The number of nitro benzene ring substituents is 1. The zero-order chi connectivity index (χ0) is 13.4. The van der Waals surface area contributed by atoms with Crippen molar-refractivity contribution in [3.63, 3.8) is 0 Å². The van der Waals surface area contributed by atoms with E-state index in [1.54, 1.807) is 0 Å². The van der Waals surface area contributed by atoms with Gasteiger partial charge in [-0.3, -0.25) is 14.9 Å². The van der Waals surface area contributed by atoms with E-state index in [0.717, 1.165) is 6.42 Å². The van der Waals surface area contributed by atoms with E-state index in [9.17, 15) is 23.7 Å². The molecule has 7 heteroatoms. The van der Waals surface area contributed by atoms with E-state index in [1.165, 1.54) is 0 Å². The fourth-order valence-electron chi connectivity index (χ4n) is 1.64. The van der Waals surface area contributed by atoms with Crippen molar-refractivity contribution in [1.82, 2.24) is 5.32 Å². The molecule has 18 heavy (non-hydrogen) atoms. The predicted octanol–water partition coefficient (Wildman–Crippen LogP) is 2.01. The molecule has 0 spiro atoms. The van der Waals surface area contributed by atoms with Gasteiger partial charge in [0.15, 0.2) is 11.6 Å². The molecule has 0 aliphatic heterocycles. The Morgan fingerprint density at radius 3 is 2.50 bits per heavy atom. The second-order valence-corrected chi connectivity index (χ2v) is 4.33. The second-order valence-electron chi connectivity index (χ2n) is 4.33. The van der Waals surface area contributed by atoms with Gasteiger partial charge in [0, 0.05) is 6.04 Å². The first-order valence-electron chi connectivity index (χ1n) is 5.34. The van der Waals surface area contributed by atoms with Crippen LogP contribution in [0.1, 0.15) is 23.7 Å². The number of rotatable bonds is 3. The van der Waals surface area contributed by atoms with Crippen LogP contribution < -0.4 is 5.32 Å². The lowest BCUT2D eigenvalue weighted by atomic mass is 10.1. The number of hydrogen-bond acceptors (Lipinski definition) is 3. The largest absolute Gasteiger partial charge is 0.349 e. The smallest absolute Gasteiger partial charge is 0.285 e. The van der Waals surface area contributed by atoms with E-state index < -0.39 is 33.7 Å². The summed E-state index contributed by atoms with van der Waals surface area (Å²) >= 11 is 0. The molecule has 0 radical (unpaired) electrons. The van der Waals surface area contributed by atoms with E-state index in [2.05, 4.69) is 5.32 Å². The van der Waals surface area contributed by atoms with Gasteiger partial charge in [-0.2, -0.15) is 0 Å². The van der Waals surface area contributed by atoms with Crippen molar-refractivity contribution in [2.45, 2.75) is 19.4 Å². The molecule has 1 fully saturated rings. The molecule has 0 aromatic heterocycles. The summed E-state index contributed by atoms with van der Waals surface area (Å²) in [7, 11) is 0. The first kappa shape index (κ1) is 12.4. The minimum absolute atomic E-state index is 0.0507. The molecule has 5 nitrogen and oxygen atoms in total. The fourth-order valence-corrected chi connectivity index (χ4v) is 1.64. The predicted molar refractivity (Wildman–Crippen MR) is 58.0 cm³/mol. The number of halogens is 2. The van der Waals surface area contributed by atoms with Gasteiger partial charge in [0.25, 0.3) is 11.6 Å². The zero-order valence-electron chi connectivity index (χ0n) is 9.44. The number of nitrogens with zero attached hydrogens (tertiary/aromatic N) is 1. The van der Waals surface area contributed by atoms with Crippen LogP contribution >= 0.6 is 0 Å². The third-order valence-corrected chi connectivity index (χ3v) is 2.91. The maximum Gasteiger partial charge on any atom is 0.285 e. The normalized spacial score (nSPS) is 21.5. The van der Waals surface area contributed by atoms with Crippen LogP contribution in [0.5, 0.6) is 0 Å². The molecule has 1 amide bonds. The Balaban J connectivity index is 2.32. The number of nitrogens with one attached hydrogen (secondary N) is 1. The lowest BCUT2D eigenvalue weighted by molar-refractivity contribution is -0.385. The summed E-state index contributed by atoms with van der Waals surface area (Å²) in [5.74, 6) is -3.08. The molecule has 1 aliphatic rings. The van der Waals surface area contributed by atoms with Crippen LogP contribution in [0.15, 0.2) is 12.1 Å². The summed E-state index contributed by atoms with van der Waals surface area (Å²) in [6.45, 7) is 1.91. The Labute approximate surface area is 101 Å². The van der Waals surface area contributed by atoms with Gasteiger partial charge in [0.05, 0.1) is 11.0 Å². The summed E-state index contributed by atoms with van der Waals surface area (Å²) in [6, 6.07) is 0.918. The summed E-state index contributed by atoms with van der Waals surface area (Å²) in [4.78, 5) is 21.5. The van der Waals surface area contributed by atoms with Crippen LogP contribution in [-0.2, 0) is 0 Å². The van der Waals surface area contributed by atoms with E-state index in [1.807, 2.05) is 6.92 Å². The third kappa shape index (κ3) is 2.29. The van der Waals surface area contributed by atoms with E-state index >= 15 is 0 Å². The Kier molecular flexibility index (Phi) is 2.98. The summed E-state index contributed by atoms with van der Waals surface area (Å²) in [6.07, 6.45) is 0.781. The molecule has 96 valence electrons. The number of nitro groups is 1. The maximum atomic E-state index is 13.0. The van der Waals surface area contributed by atoms with Crippen LogP contribution in [-0.4, -0.2) is 16.9 Å². The molecule has 2 atom stereocenters. The molecule has 0 heterocycles. The van der Waals surface area contributed by atoms with Gasteiger partial charge in [-0.15, -0.1) is 0 Å². The quantitative estimate of drug-likeness (QED) is 0.664. The van der Waals surface area contributed by atoms with Crippen molar-refractivity contribution in [3.8, 4) is 0 Å². The number of carbonyl (C=O) groups is 1. The summed E-state index contributed by atoms with van der Waals surface area (Å²) in [5.41, 5.74) is -1.20. The highest BCUT2D eigenvalue weighted by Crippen LogP contribution is 2.30. The van der Waals surface area contributed by atoms with Gasteiger partial charge in [-0.25, -0.2) is 8.78 Å². The molecule has 0 saturated heterocycles. The van der Waals surface area contributed by atoms with Gasteiger partial charge in [0.2, 0.25) is 0 Å². The molecular formula is C11H10F2N2O3. The van der Waals surface area contributed by atoms with Gasteiger partial charge in [0.1, 0.15) is 5.56 Å². The SMILES string of the molecule is CC1CC1NC(=O)c1cc(F)c(F)cc1[N+](=O)[O-]. The number of hydrogen-bond donors (Lipinski definition) is 1. The maximum absolute atomic E-state index is 13.0. The monoisotopic (exact) mass is 256 g/mol. The average Bonchev–Trinajstić information content (AvgIpc) is 2.97. The molecule has 1 saturated carbocycles. The lowest BCUT2D eigenvalue weighted by Crippen LogP contribution is -2.27. The molecule has 1 aromatic carbocycles. The van der Waals surface area contributed by atoms with E-state index in [0.29, 0.717) is 18.1 Å². The van der Waals surface area contributed by atoms with Crippen LogP contribution in [0.2, 0.25) is 0 Å². The van der Waals surface area contributed by atoms with Crippen molar-refractivity contribution in [2.75, 3.05) is 0 Å². The van der Waals surface area contributed by atoms with Gasteiger partial charge >= 0.3 is 0 Å². The number of carbonyl (C=O) groups excluding carboxylic acids is 1. The number of amides is 1. The zero-order valence-corrected chi connectivity index (χ0v) is 9.44. The highest BCUT2D eigenvalue weighted by atomic mass is 19.2. The highest BCUT2D eigenvalue weighted by molar-refractivity contribution is 5.98. The van der Waals surface area contributed by atoms with Crippen molar-refractivity contribution < 1.29 is 18.5 Å². The van der Waals surface area contributed by atoms with E-state index in [-0.39, 0.29) is 6.04 Å². The molecule has 0 bridgehead atoms. The second kappa shape index (κ2) is 4.32. The minimum atomic E-state index is -1.35. The van der Waals surface area contributed by atoms with Crippen LogP contribution in [0.25, 0.3) is 0 Å². The summed E-state index contributed by atoms with van der Waals surface area (Å²) < 4.78 is 25.9. The van der Waals surface area contributed by atoms with Crippen molar-refractivity contribution in [1.29, 1.82) is 0 Å². The van der Waals surface area contributed by atoms with Gasteiger partial charge < -0.3 is 5.32 Å². The van der Waals surface area contributed by atoms with Gasteiger partial charge in [-0.05, 0) is 18.4 Å². The molecule has 2 rings (SSSR count). The lowest BCUT2D eigenvalue weighted by Gasteiger charge is -2.05. The fraction of sp³-hybridized carbons (Fsp3) is 0.364. The van der Waals surface area contributed by atoms with Crippen LogP contribution in [0.4, 0.5) is 14.5 Å². The van der Waals surface area contributed by atoms with Gasteiger partial charge in [-0.1, -0.05) is 6.92 Å². The molecule has 2 unspecified atom stereocenters. The topological polar surface area (TPSA) is 72.2 Å². The molecule has 1 aromatic rings. The Morgan fingerprint density at radius 2 is 2.00 bits per heavy atom. The first-order valence-corrected chi connectivity index (χ1v) is 5.34. The number of benzene rings is 1. The average molecular weight is 256 g/mol. The Hall–Kier alpha value is -2.05. The third-order valence-electron chi connectivity index (χ3n) is 2.91. The summed E-state index contributed by atoms with van der Waals surface area (Å²) in [5, 5.41) is 13.2. The van der Waals surface area contributed by atoms with E-state index in [4.69, 9.17) is 0 Å².